The fraction of sp³-hybridized carbons (Fsp3) is 0.409. The van der Waals surface area contributed by atoms with Crippen molar-refractivity contribution in [1.29, 1.82) is 0 Å². The summed E-state index contributed by atoms with van der Waals surface area (Å²) in [6.45, 7) is 4.30. The van der Waals surface area contributed by atoms with E-state index in [-0.39, 0.29) is 21.7 Å². The Morgan fingerprint density at radius 2 is 1.59 bits per heavy atom. The summed E-state index contributed by atoms with van der Waals surface area (Å²) >= 11 is 0. The minimum Gasteiger partial charge on any atom is -0.493 e. The van der Waals surface area contributed by atoms with Gasteiger partial charge in [-0.25, -0.2) is 16.8 Å². The summed E-state index contributed by atoms with van der Waals surface area (Å²) in [5.74, 6) is 0.218. The van der Waals surface area contributed by atoms with E-state index in [1.54, 1.807) is 33.0 Å². The number of amides is 1. The number of rotatable bonds is 10. The van der Waals surface area contributed by atoms with E-state index < -0.39 is 19.9 Å². The molecule has 0 saturated carbocycles. The van der Waals surface area contributed by atoms with Gasteiger partial charge in [0, 0.05) is 38.5 Å². The fourth-order valence-electron chi connectivity index (χ4n) is 2.82. The number of benzene rings is 2. The lowest BCUT2D eigenvalue weighted by atomic mass is 10.2. The minimum absolute atomic E-state index is 0.137. The molecular formula is C22H30N2O6S2. The van der Waals surface area contributed by atoms with E-state index in [0.717, 1.165) is 6.26 Å². The maximum absolute atomic E-state index is 12.6. The number of carbonyl (C=O) groups is 1. The molecular weight excluding hydrogens is 452 g/mol. The van der Waals surface area contributed by atoms with Crippen molar-refractivity contribution < 1.29 is 26.4 Å². The van der Waals surface area contributed by atoms with Gasteiger partial charge in [0.05, 0.1) is 16.4 Å². The quantitative estimate of drug-likeness (QED) is 0.483. The molecule has 0 aliphatic rings. The number of nitrogens with zero attached hydrogens (tertiary/aromatic N) is 2. The zero-order valence-corrected chi connectivity index (χ0v) is 20.6. The van der Waals surface area contributed by atoms with E-state index in [1.165, 1.54) is 52.7 Å². The van der Waals surface area contributed by atoms with Crippen LogP contribution >= 0.6 is 0 Å². The summed E-state index contributed by atoms with van der Waals surface area (Å²) < 4.78 is 55.2. The second-order valence-corrected chi connectivity index (χ2v) is 11.8. The van der Waals surface area contributed by atoms with Crippen LogP contribution in [0.4, 0.5) is 0 Å². The number of carbonyl (C=O) groups excluding carboxylic acids is 1. The van der Waals surface area contributed by atoms with Gasteiger partial charge in [-0.3, -0.25) is 4.79 Å². The molecule has 2 rings (SSSR count). The number of hydrogen-bond donors (Lipinski definition) is 0. The van der Waals surface area contributed by atoms with Gasteiger partial charge in [0.25, 0.3) is 5.91 Å². The van der Waals surface area contributed by atoms with Crippen LogP contribution in [0.1, 0.15) is 30.6 Å². The molecule has 32 heavy (non-hydrogen) atoms. The molecule has 0 aromatic heterocycles. The van der Waals surface area contributed by atoms with Crippen molar-refractivity contribution in [2.75, 3.05) is 33.5 Å². The molecule has 10 heteroatoms. The van der Waals surface area contributed by atoms with Crippen molar-refractivity contribution in [2.45, 2.75) is 36.1 Å². The first-order chi connectivity index (χ1) is 14.8. The van der Waals surface area contributed by atoms with Gasteiger partial charge in [-0.2, -0.15) is 4.31 Å². The molecule has 2 aromatic carbocycles. The molecule has 0 atom stereocenters. The zero-order valence-electron chi connectivity index (χ0n) is 19.0. The maximum Gasteiger partial charge on any atom is 0.253 e. The van der Waals surface area contributed by atoms with Crippen molar-refractivity contribution in [3.63, 3.8) is 0 Å². The lowest BCUT2D eigenvalue weighted by Crippen LogP contribution is -2.33. The molecule has 2 aromatic rings. The minimum atomic E-state index is -3.60. The molecule has 0 spiro atoms. The Morgan fingerprint density at radius 3 is 2.16 bits per heavy atom. The van der Waals surface area contributed by atoms with Crippen LogP contribution in [0.15, 0.2) is 58.3 Å². The average molecular weight is 483 g/mol. The molecule has 0 bridgehead atoms. The van der Waals surface area contributed by atoms with Crippen LogP contribution in [0, 0.1) is 0 Å². The number of sulfone groups is 1. The molecule has 0 radical (unpaired) electrons. The third kappa shape index (κ3) is 6.54. The highest BCUT2D eigenvalue weighted by Gasteiger charge is 2.23. The molecule has 0 unspecified atom stereocenters. The van der Waals surface area contributed by atoms with Gasteiger partial charge in [-0.05, 0) is 62.7 Å². The average Bonchev–Trinajstić information content (AvgIpc) is 2.75. The molecule has 8 nitrogen and oxygen atoms in total. The van der Waals surface area contributed by atoms with Crippen molar-refractivity contribution in [3.8, 4) is 5.75 Å². The monoisotopic (exact) mass is 482 g/mol. The standard InChI is InChI=1S/C22H30N2O6S2/c1-17(2)24(4)32(28,29)20-12-10-18(11-13-20)22(25)23(3)14-7-15-30-19-8-6-9-21(16-19)31(5,26)27/h6,8-13,16-17H,7,14-15H2,1-5H3. The Hall–Kier alpha value is -2.43. The Labute approximate surface area is 190 Å². The van der Waals surface area contributed by atoms with Gasteiger partial charge in [-0.15, -0.1) is 0 Å². The molecule has 0 N–H and O–H groups in total. The second-order valence-electron chi connectivity index (χ2n) is 7.82. The van der Waals surface area contributed by atoms with Crippen molar-refractivity contribution >= 4 is 25.8 Å². The van der Waals surface area contributed by atoms with Crippen molar-refractivity contribution in [1.82, 2.24) is 9.21 Å². The van der Waals surface area contributed by atoms with E-state index in [9.17, 15) is 21.6 Å². The van der Waals surface area contributed by atoms with Crippen LogP contribution in [-0.4, -0.2) is 71.5 Å². The Morgan fingerprint density at radius 1 is 0.969 bits per heavy atom. The first kappa shape index (κ1) is 25.8. The first-order valence-electron chi connectivity index (χ1n) is 10.1. The van der Waals surface area contributed by atoms with Gasteiger partial charge in [0.2, 0.25) is 10.0 Å². The molecule has 1 amide bonds. The van der Waals surface area contributed by atoms with Gasteiger partial charge < -0.3 is 9.64 Å². The summed E-state index contributed by atoms with van der Waals surface area (Å²) in [4.78, 5) is 14.5. The summed E-state index contributed by atoms with van der Waals surface area (Å²) in [7, 11) is -3.73. The normalized spacial score (nSPS) is 12.2. The zero-order chi connectivity index (χ0) is 24.1. The Balaban J connectivity index is 1.92. The van der Waals surface area contributed by atoms with E-state index in [4.69, 9.17) is 4.74 Å². The van der Waals surface area contributed by atoms with Gasteiger partial charge >= 0.3 is 0 Å². The SMILES string of the molecule is CC(C)N(C)S(=O)(=O)c1ccc(C(=O)N(C)CCCOc2cccc(S(C)(=O)=O)c2)cc1. The summed E-state index contributed by atoms with van der Waals surface area (Å²) in [5, 5.41) is 0. The lowest BCUT2D eigenvalue weighted by molar-refractivity contribution is 0.0787. The molecule has 0 heterocycles. The van der Waals surface area contributed by atoms with E-state index in [0.29, 0.717) is 30.9 Å². The number of hydrogen-bond acceptors (Lipinski definition) is 6. The third-order valence-electron chi connectivity index (χ3n) is 4.99. The highest BCUT2D eigenvalue weighted by atomic mass is 32.2. The molecule has 0 saturated heterocycles. The maximum atomic E-state index is 12.6. The summed E-state index contributed by atoms with van der Waals surface area (Å²) in [6, 6.07) is 12.0. The van der Waals surface area contributed by atoms with E-state index >= 15 is 0 Å². The highest BCUT2D eigenvalue weighted by molar-refractivity contribution is 7.90. The van der Waals surface area contributed by atoms with Crippen LogP contribution in [0.25, 0.3) is 0 Å². The summed E-state index contributed by atoms with van der Waals surface area (Å²) in [6.07, 6.45) is 1.67. The lowest BCUT2D eigenvalue weighted by Gasteiger charge is -2.21. The number of sulfonamides is 1. The van der Waals surface area contributed by atoms with Gasteiger partial charge in [0.1, 0.15) is 5.75 Å². The largest absolute Gasteiger partial charge is 0.493 e. The third-order valence-corrected chi connectivity index (χ3v) is 8.15. The first-order valence-corrected chi connectivity index (χ1v) is 13.4. The Bertz CT molecular complexity index is 1140. The molecule has 0 aliphatic carbocycles. The molecule has 176 valence electrons. The fourth-order valence-corrected chi connectivity index (χ4v) is 4.85. The van der Waals surface area contributed by atoms with Crippen molar-refractivity contribution in [2.24, 2.45) is 0 Å². The Kier molecular flexibility index (Phi) is 8.44. The predicted octanol–water partition coefficient (Wildman–Crippen LogP) is 2.66. The van der Waals surface area contributed by atoms with Gasteiger partial charge in [-0.1, -0.05) is 6.07 Å². The number of ether oxygens (including phenoxy) is 1. The van der Waals surface area contributed by atoms with Crippen LogP contribution in [0.2, 0.25) is 0 Å². The van der Waals surface area contributed by atoms with Crippen molar-refractivity contribution in [3.05, 3.63) is 54.1 Å². The van der Waals surface area contributed by atoms with Crippen LogP contribution in [0.5, 0.6) is 5.75 Å². The van der Waals surface area contributed by atoms with E-state index in [1.807, 2.05) is 0 Å². The van der Waals surface area contributed by atoms with E-state index in [2.05, 4.69) is 0 Å². The van der Waals surface area contributed by atoms with Crippen LogP contribution in [-0.2, 0) is 19.9 Å². The predicted molar refractivity (Wildman–Crippen MR) is 123 cm³/mol. The summed E-state index contributed by atoms with van der Waals surface area (Å²) in [5.41, 5.74) is 0.389. The van der Waals surface area contributed by atoms with Crippen LogP contribution in [0.3, 0.4) is 0 Å². The molecule has 0 aliphatic heterocycles. The van der Waals surface area contributed by atoms with Crippen LogP contribution < -0.4 is 4.74 Å². The highest BCUT2D eigenvalue weighted by Crippen LogP contribution is 2.19. The molecule has 0 fully saturated rings. The second kappa shape index (κ2) is 10.5. The topological polar surface area (TPSA) is 101 Å². The van der Waals surface area contributed by atoms with Gasteiger partial charge in [0.15, 0.2) is 9.84 Å². The smallest absolute Gasteiger partial charge is 0.253 e.